The molecular weight excluding hydrogens is 260 g/mol. The van der Waals surface area contributed by atoms with Gasteiger partial charge in [0.15, 0.2) is 0 Å². The fourth-order valence-corrected chi connectivity index (χ4v) is 1.43. The van der Waals surface area contributed by atoms with E-state index in [0.717, 1.165) is 0 Å². The van der Waals surface area contributed by atoms with E-state index in [2.05, 4.69) is 31.9 Å². The molecule has 0 spiro atoms. The van der Waals surface area contributed by atoms with Crippen LogP contribution in [0.25, 0.3) is 0 Å². The lowest BCUT2D eigenvalue weighted by atomic mass is 10.1. The first-order valence-electron chi connectivity index (χ1n) is 3.32. The summed E-state index contributed by atoms with van der Waals surface area (Å²) in [7, 11) is 0. The first-order valence-corrected chi connectivity index (χ1v) is 5.15. The Morgan fingerprint density at radius 2 is 1.50 bits per heavy atom. The molecule has 0 radical (unpaired) electrons. The summed E-state index contributed by atoms with van der Waals surface area (Å²) in [5.74, 6) is 0.314. The van der Waals surface area contributed by atoms with Gasteiger partial charge >= 0.3 is 0 Å². The standard InChI is InChI=1S/C7H12Br2O/c1-5(8)3-7(10)4-6(2)9/h5-6H,3-4H2,1-2H3. The maximum atomic E-state index is 11.0. The van der Waals surface area contributed by atoms with Crippen LogP contribution < -0.4 is 0 Å². The van der Waals surface area contributed by atoms with Crippen molar-refractivity contribution in [3.63, 3.8) is 0 Å². The Morgan fingerprint density at radius 1 is 1.20 bits per heavy atom. The summed E-state index contributed by atoms with van der Waals surface area (Å²) in [6.45, 7) is 3.97. The molecule has 0 aliphatic heterocycles. The number of halogens is 2. The first-order chi connectivity index (χ1) is 4.52. The van der Waals surface area contributed by atoms with E-state index < -0.39 is 0 Å². The van der Waals surface area contributed by atoms with Crippen molar-refractivity contribution < 1.29 is 4.79 Å². The second kappa shape index (κ2) is 5.30. The number of alkyl halides is 2. The third-order valence-corrected chi connectivity index (χ3v) is 1.67. The van der Waals surface area contributed by atoms with Crippen LogP contribution in [0.15, 0.2) is 0 Å². The summed E-state index contributed by atoms with van der Waals surface area (Å²) in [6, 6.07) is 0. The van der Waals surface area contributed by atoms with Gasteiger partial charge in [0.1, 0.15) is 5.78 Å². The number of rotatable bonds is 4. The number of hydrogen-bond donors (Lipinski definition) is 0. The molecule has 0 aliphatic rings. The third-order valence-electron chi connectivity index (χ3n) is 1.02. The Bertz CT molecular complexity index is 98.2. The van der Waals surface area contributed by atoms with Crippen LogP contribution in [0.1, 0.15) is 26.7 Å². The van der Waals surface area contributed by atoms with Crippen LogP contribution in [0, 0.1) is 0 Å². The Hall–Kier alpha value is 0.630. The maximum Gasteiger partial charge on any atom is 0.135 e. The van der Waals surface area contributed by atoms with Gasteiger partial charge in [0.2, 0.25) is 0 Å². The number of ketones is 1. The topological polar surface area (TPSA) is 17.1 Å². The number of Topliss-reactive ketones (excluding diaryl/α,β-unsaturated/α-hetero) is 1. The summed E-state index contributed by atoms with van der Waals surface area (Å²) in [5.41, 5.74) is 0. The zero-order valence-corrected chi connectivity index (χ0v) is 9.41. The van der Waals surface area contributed by atoms with Crippen LogP contribution in [0.2, 0.25) is 0 Å². The molecule has 2 atom stereocenters. The molecule has 10 heavy (non-hydrogen) atoms. The molecule has 0 saturated carbocycles. The van der Waals surface area contributed by atoms with Crippen LogP contribution >= 0.6 is 31.9 Å². The Kier molecular flexibility index (Phi) is 5.64. The molecule has 0 aliphatic carbocycles. The minimum Gasteiger partial charge on any atom is -0.300 e. The minimum atomic E-state index is 0.311. The molecular formula is C7H12Br2O. The largest absolute Gasteiger partial charge is 0.300 e. The predicted molar refractivity (Wildman–Crippen MR) is 51.0 cm³/mol. The van der Waals surface area contributed by atoms with E-state index in [-0.39, 0.29) is 0 Å². The molecule has 0 aromatic carbocycles. The van der Waals surface area contributed by atoms with Crippen LogP contribution in [-0.2, 0) is 4.79 Å². The van der Waals surface area contributed by atoms with Crippen LogP contribution in [0.3, 0.4) is 0 Å². The van der Waals surface area contributed by atoms with E-state index in [4.69, 9.17) is 0 Å². The van der Waals surface area contributed by atoms with Crippen molar-refractivity contribution in [2.45, 2.75) is 36.3 Å². The zero-order valence-electron chi connectivity index (χ0n) is 6.23. The van der Waals surface area contributed by atoms with E-state index in [1.54, 1.807) is 0 Å². The van der Waals surface area contributed by atoms with Gasteiger partial charge in [0.05, 0.1) is 0 Å². The van der Waals surface area contributed by atoms with E-state index >= 15 is 0 Å². The lowest BCUT2D eigenvalue weighted by Gasteiger charge is -2.03. The average Bonchev–Trinajstić information content (AvgIpc) is 1.58. The van der Waals surface area contributed by atoms with E-state index in [0.29, 0.717) is 28.3 Å². The lowest BCUT2D eigenvalue weighted by molar-refractivity contribution is -0.118. The van der Waals surface area contributed by atoms with Gasteiger partial charge in [-0.25, -0.2) is 0 Å². The lowest BCUT2D eigenvalue weighted by Crippen LogP contribution is -2.08. The van der Waals surface area contributed by atoms with Crippen molar-refractivity contribution in [1.82, 2.24) is 0 Å². The smallest absolute Gasteiger partial charge is 0.135 e. The molecule has 2 unspecified atom stereocenters. The van der Waals surface area contributed by atoms with E-state index in [9.17, 15) is 4.79 Å². The van der Waals surface area contributed by atoms with Gasteiger partial charge in [0.25, 0.3) is 0 Å². The minimum absolute atomic E-state index is 0.311. The molecule has 0 rings (SSSR count). The summed E-state index contributed by atoms with van der Waals surface area (Å²) < 4.78 is 0. The summed E-state index contributed by atoms with van der Waals surface area (Å²) in [6.07, 6.45) is 1.27. The highest BCUT2D eigenvalue weighted by molar-refractivity contribution is 9.09. The number of carbonyl (C=O) groups is 1. The molecule has 0 bridgehead atoms. The van der Waals surface area contributed by atoms with Crippen molar-refractivity contribution >= 4 is 37.6 Å². The molecule has 0 amide bonds. The summed E-state index contributed by atoms with van der Waals surface area (Å²) in [4.78, 5) is 11.6. The molecule has 0 aromatic heterocycles. The highest BCUT2D eigenvalue weighted by Crippen LogP contribution is 2.10. The number of hydrogen-bond acceptors (Lipinski definition) is 1. The predicted octanol–water partition coefficient (Wildman–Crippen LogP) is 2.90. The second-order valence-electron chi connectivity index (χ2n) is 2.51. The molecule has 0 fully saturated rings. The molecule has 0 heterocycles. The van der Waals surface area contributed by atoms with Gasteiger partial charge in [-0.3, -0.25) is 4.79 Å². The maximum absolute atomic E-state index is 11.0. The second-order valence-corrected chi connectivity index (χ2v) is 5.63. The molecule has 0 saturated heterocycles. The van der Waals surface area contributed by atoms with Crippen molar-refractivity contribution in [2.75, 3.05) is 0 Å². The molecule has 3 heteroatoms. The van der Waals surface area contributed by atoms with Crippen LogP contribution in [0.4, 0.5) is 0 Å². The Labute approximate surface area is 78.8 Å². The molecule has 0 N–H and O–H groups in total. The SMILES string of the molecule is CC(Br)CC(=O)CC(C)Br. The van der Waals surface area contributed by atoms with Crippen LogP contribution in [0.5, 0.6) is 0 Å². The van der Waals surface area contributed by atoms with Crippen LogP contribution in [-0.4, -0.2) is 15.4 Å². The van der Waals surface area contributed by atoms with Gasteiger partial charge in [-0.05, 0) is 0 Å². The fourth-order valence-electron chi connectivity index (χ4n) is 0.711. The highest BCUT2D eigenvalue weighted by atomic mass is 79.9. The van der Waals surface area contributed by atoms with Gasteiger partial charge in [0, 0.05) is 22.5 Å². The van der Waals surface area contributed by atoms with Crippen molar-refractivity contribution in [1.29, 1.82) is 0 Å². The molecule has 1 nitrogen and oxygen atoms in total. The monoisotopic (exact) mass is 270 g/mol. The first kappa shape index (κ1) is 10.6. The third kappa shape index (κ3) is 6.75. The average molecular weight is 272 g/mol. The van der Waals surface area contributed by atoms with E-state index in [1.807, 2.05) is 13.8 Å². The Morgan fingerprint density at radius 3 is 1.70 bits per heavy atom. The fraction of sp³-hybridized carbons (Fsp3) is 0.857. The molecule has 60 valence electrons. The molecule has 0 aromatic rings. The van der Waals surface area contributed by atoms with Gasteiger partial charge in [-0.2, -0.15) is 0 Å². The quantitative estimate of drug-likeness (QED) is 0.719. The number of carbonyl (C=O) groups excluding carboxylic acids is 1. The Balaban J connectivity index is 3.44. The van der Waals surface area contributed by atoms with Crippen molar-refractivity contribution in [3.05, 3.63) is 0 Å². The summed E-state index contributed by atoms with van der Waals surface area (Å²) in [5, 5.41) is 0. The van der Waals surface area contributed by atoms with Gasteiger partial charge in [-0.15, -0.1) is 0 Å². The highest BCUT2D eigenvalue weighted by Gasteiger charge is 2.08. The van der Waals surface area contributed by atoms with Crippen molar-refractivity contribution in [2.24, 2.45) is 0 Å². The van der Waals surface area contributed by atoms with Gasteiger partial charge < -0.3 is 0 Å². The zero-order chi connectivity index (χ0) is 8.15. The summed E-state index contributed by atoms with van der Waals surface area (Å²) >= 11 is 6.66. The van der Waals surface area contributed by atoms with Gasteiger partial charge in [-0.1, -0.05) is 45.7 Å². The normalized spacial score (nSPS) is 16.4. The van der Waals surface area contributed by atoms with Crippen molar-refractivity contribution in [3.8, 4) is 0 Å². The van der Waals surface area contributed by atoms with E-state index in [1.165, 1.54) is 0 Å².